The van der Waals surface area contributed by atoms with E-state index in [-0.39, 0.29) is 30.5 Å². The molecule has 31 heavy (non-hydrogen) atoms. The summed E-state index contributed by atoms with van der Waals surface area (Å²) in [4.78, 5) is 16.7. The van der Waals surface area contributed by atoms with Gasteiger partial charge in [0.05, 0.1) is 18.2 Å². The lowest BCUT2D eigenvalue weighted by Gasteiger charge is -2.14. The number of carbonyl (C=O) groups is 1. The molecule has 1 atom stereocenters. The number of para-hydroxylation sites is 1. The van der Waals surface area contributed by atoms with Crippen LogP contribution in [0.25, 0.3) is 0 Å². The number of phenols is 1. The van der Waals surface area contributed by atoms with Crippen molar-refractivity contribution in [3.63, 3.8) is 0 Å². The number of aliphatic hydroxyl groups is 1. The molecular formula is C24H28ClN3O3. The number of nitrogens with zero attached hydrogens (tertiary/aromatic N) is 1. The van der Waals surface area contributed by atoms with Crippen LogP contribution in [0.15, 0.2) is 66.9 Å². The number of phenolic OH excluding ortho intramolecular Hbond substituents is 1. The van der Waals surface area contributed by atoms with Crippen LogP contribution in [0.3, 0.4) is 0 Å². The Balaban J connectivity index is 0.00000341. The maximum Gasteiger partial charge on any atom is 0.230 e. The molecule has 0 aliphatic heterocycles. The van der Waals surface area contributed by atoms with E-state index in [2.05, 4.69) is 15.6 Å². The van der Waals surface area contributed by atoms with E-state index in [9.17, 15) is 15.0 Å². The van der Waals surface area contributed by atoms with Crippen molar-refractivity contribution in [2.75, 3.05) is 18.4 Å². The van der Waals surface area contributed by atoms with Crippen LogP contribution in [0.2, 0.25) is 0 Å². The third-order valence-electron chi connectivity index (χ3n) is 4.99. The summed E-state index contributed by atoms with van der Waals surface area (Å²) in [5.74, 6) is 0.0874. The Bertz CT molecular complexity index is 966. The van der Waals surface area contributed by atoms with Crippen molar-refractivity contribution >= 4 is 24.0 Å². The zero-order valence-electron chi connectivity index (χ0n) is 17.4. The zero-order valence-corrected chi connectivity index (χ0v) is 18.2. The van der Waals surface area contributed by atoms with Crippen LogP contribution < -0.4 is 10.6 Å². The highest BCUT2D eigenvalue weighted by Crippen LogP contribution is 2.17. The minimum Gasteiger partial charge on any atom is -0.508 e. The van der Waals surface area contributed by atoms with Gasteiger partial charge in [-0.05, 0) is 66.9 Å². The molecule has 3 aromatic rings. The molecule has 1 unspecified atom stereocenters. The number of halogens is 1. The third kappa shape index (κ3) is 7.36. The molecular weight excluding hydrogens is 414 g/mol. The number of hydrogen-bond donors (Lipinski definition) is 4. The van der Waals surface area contributed by atoms with Gasteiger partial charge in [-0.2, -0.15) is 0 Å². The molecule has 0 saturated heterocycles. The van der Waals surface area contributed by atoms with Crippen molar-refractivity contribution in [1.82, 2.24) is 10.3 Å². The van der Waals surface area contributed by atoms with Gasteiger partial charge in [-0.3, -0.25) is 9.78 Å². The number of rotatable bonds is 9. The average molecular weight is 442 g/mol. The van der Waals surface area contributed by atoms with Gasteiger partial charge in [0.15, 0.2) is 0 Å². The van der Waals surface area contributed by atoms with Crippen LogP contribution in [0.1, 0.15) is 28.5 Å². The number of anilines is 1. The van der Waals surface area contributed by atoms with Crippen LogP contribution in [0.4, 0.5) is 5.69 Å². The molecule has 3 rings (SSSR count). The van der Waals surface area contributed by atoms with Gasteiger partial charge in [0.1, 0.15) is 5.75 Å². The van der Waals surface area contributed by atoms with Gasteiger partial charge in [0, 0.05) is 18.4 Å². The fourth-order valence-corrected chi connectivity index (χ4v) is 3.23. The first-order valence-electron chi connectivity index (χ1n) is 9.99. The Hall–Kier alpha value is -2.93. The number of pyridine rings is 1. The highest BCUT2D eigenvalue weighted by molar-refractivity contribution is 5.92. The Morgan fingerprint density at radius 2 is 1.77 bits per heavy atom. The smallest absolute Gasteiger partial charge is 0.230 e. The summed E-state index contributed by atoms with van der Waals surface area (Å²) in [5.41, 5.74) is 4.44. The van der Waals surface area contributed by atoms with Crippen LogP contribution in [-0.2, 0) is 17.6 Å². The number of carbonyl (C=O) groups excluding carboxylic acids is 1. The molecule has 0 spiro atoms. The molecule has 7 heteroatoms. The molecule has 164 valence electrons. The zero-order chi connectivity index (χ0) is 21.3. The van der Waals surface area contributed by atoms with E-state index in [0.717, 1.165) is 34.5 Å². The lowest BCUT2D eigenvalue weighted by molar-refractivity contribution is -0.115. The quantitative estimate of drug-likeness (QED) is 0.381. The number of nitrogens with one attached hydrogen (secondary N) is 2. The third-order valence-corrected chi connectivity index (χ3v) is 4.99. The molecule has 1 aromatic heterocycles. The first-order valence-corrected chi connectivity index (χ1v) is 9.99. The van der Waals surface area contributed by atoms with Gasteiger partial charge in [0.25, 0.3) is 0 Å². The molecule has 2 aromatic carbocycles. The van der Waals surface area contributed by atoms with E-state index in [1.54, 1.807) is 30.5 Å². The lowest BCUT2D eigenvalue weighted by Crippen LogP contribution is -2.24. The monoisotopic (exact) mass is 441 g/mol. The number of aromatic hydroxyl groups is 1. The molecule has 0 bridgehead atoms. The number of amides is 1. The van der Waals surface area contributed by atoms with E-state index >= 15 is 0 Å². The molecule has 4 N–H and O–H groups in total. The highest BCUT2D eigenvalue weighted by atomic mass is 35.5. The van der Waals surface area contributed by atoms with Crippen molar-refractivity contribution in [2.24, 2.45) is 0 Å². The van der Waals surface area contributed by atoms with Crippen LogP contribution in [-0.4, -0.2) is 34.2 Å². The summed E-state index contributed by atoms with van der Waals surface area (Å²) in [6.07, 6.45) is 2.09. The minimum atomic E-state index is -0.638. The Kier molecular flexibility index (Phi) is 9.46. The summed E-state index contributed by atoms with van der Waals surface area (Å²) in [7, 11) is 0. The molecule has 1 heterocycles. The summed E-state index contributed by atoms with van der Waals surface area (Å²) in [5, 5.41) is 25.7. The molecule has 1 amide bonds. The van der Waals surface area contributed by atoms with E-state index in [1.165, 1.54) is 0 Å². The standard InChI is InChI=1S/C24H27N3O3.ClH/c1-17-18(11-13-25-16-23(29)19-7-9-21(28)10-8-19)12-14-26-22(17)15-24(30)27-20-5-3-2-4-6-20;/h2-10,12,14,23,25,28-29H,11,13,15-16H2,1H3,(H,27,30);1H. The van der Waals surface area contributed by atoms with Gasteiger partial charge in [-0.15, -0.1) is 12.4 Å². The van der Waals surface area contributed by atoms with Crippen LogP contribution in [0, 0.1) is 6.92 Å². The van der Waals surface area contributed by atoms with Gasteiger partial charge in [-0.1, -0.05) is 30.3 Å². The maximum absolute atomic E-state index is 12.3. The second-order valence-electron chi connectivity index (χ2n) is 7.19. The molecule has 0 aliphatic carbocycles. The number of aliphatic hydroxyl groups excluding tert-OH is 1. The molecule has 0 fully saturated rings. The molecule has 0 radical (unpaired) electrons. The van der Waals surface area contributed by atoms with Crippen molar-refractivity contribution in [3.05, 3.63) is 89.2 Å². The average Bonchev–Trinajstić information content (AvgIpc) is 2.74. The second kappa shape index (κ2) is 12.1. The summed E-state index contributed by atoms with van der Waals surface area (Å²) >= 11 is 0. The molecule has 0 saturated carbocycles. The van der Waals surface area contributed by atoms with Gasteiger partial charge < -0.3 is 20.8 Å². The normalized spacial score (nSPS) is 11.4. The number of benzene rings is 2. The van der Waals surface area contributed by atoms with Crippen molar-refractivity contribution in [2.45, 2.75) is 25.9 Å². The predicted octanol–water partition coefficient (Wildman–Crippen LogP) is 3.56. The van der Waals surface area contributed by atoms with Crippen LogP contribution >= 0.6 is 12.4 Å². The molecule has 6 nitrogen and oxygen atoms in total. The second-order valence-corrected chi connectivity index (χ2v) is 7.19. The lowest BCUT2D eigenvalue weighted by atomic mass is 10.0. The molecule has 0 aliphatic rings. The SMILES string of the molecule is Cc1c(CCNCC(O)c2ccc(O)cc2)ccnc1CC(=O)Nc1ccccc1.Cl. The summed E-state index contributed by atoms with van der Waals surface area (Å²) < 4.78 is 0. The van der Waals surface area contributed by atoms with Gasteiger partial charge >= 0.3 is 0 Å². The first kappa shape index (κ1) is 24.3. The largest absolute Gasteiger partial charge is 0.508 e. The van der Waals surface area contributed by atoms with E-state index in [4.69, 9.17) is 0 Å². The van der Waals surface area contributed by atoms with Crippen molar-refractivity contribution < 1.29 is 15.0 Å². The van der Waals surface area contributed by atoms with E-state index in [1.807, 2.05) is 43.3 Å². The van der Waals surface area contributed by atoms with Gasteiger partial charge in [0.2, 0.25) is 5.91 Å². The van der Waals surface area contributed by atoms with Crippen LogP contribution in [0.5, 0.6) is 5.75 Å². The summed E-state index contributed by atoms with van der Waals surface area (Å²) in [6.45, 7) is 3.09. The number of aromatic nitrogens is 1. The minimum absolute atomic E-state index is 0. The Labute approximate surface area is 188 Å². The van der Waals surface area contributed by atoms with Gasteiger partial charge in [-0.25, -0.2) is 0 Å². The number of hydrogen-bond acceptors (Lipinski definition) is 5. The van der Waals surface area contributed by atoms with E-state index in [0.29, 0.717) is 13.1 Å². The van der Waals surface area contributed by atoms with E-state index < -0.39 is 6.10 Å². The predicted molar refractivity (Wildman–Crippen MR) is 125 cm³/mol. The summed E-state index contributed by atoms with van der Waals surface area (Å²) in [6, 6.07) is 17.9. The fraction of sp³-hybridized carbons (Fsp3) is 0.250. The van der Waals surface area contributed by atoms with Crippen molar-refractivity contribution in [1.29, 1.82) is 0 Å². The Morgan fingerprint density at radius 1 is 1.06 bits per heavy atom. The Morgan fingerprint density at radius 3 is 2.48 bits per heavy atom. The maximum atomic E-state index is 12.3. The highest BCUT2D eigenvalue weighted by Gasteiger charge is 2.11. The van der Waals surface area contributed by atoms with Crippen molar-refractivity contribution in [3.8, 4) is 5.75 Å². The topological polar surface area (TPSA) is 94.5 Å². The fourth-order valence-electron chi connectivity index (χ4n) is 3.23. The first-order chi connectivity index (χ1) is 14.5.